The highest BCUT2D eigenvalue weighted by Gasteiger charge is 2.17. The second kappa shape index (κ2) is 6.59. The summed E-state index contributed by atoms with van der Waals surface area (Å²) in [6.07, 6.45) is 2.86. The summed E-state index contributed by atoms with van der Waals surface area (Å²) in [6.45, 7) is 2.70. The SMILES string of the molecule is CS(=O)(=O)Cc1cc(N2CCOCC2)nc(-c2ccccn2)n1. The molecule has 1 aliphatic rings. The molecule has 7 nitrogen and oxygen atoms in total. The summed E-state index contributed by atoms with van der Waals surface area (Å²) in [5.74, 6) is 1.03. The molecule has 0 bridgehead atoms. The van der Waals surface area contributed by atoms with Crippen molar-refractivity contribution in [3.8, 4) is 11.5 Å². The van der Waals surface area contributed by atoms with E-state index in [0.29, 0.717) is 36.2 Å². The van der Waals surface area contributed by atoms with Crippen LogP contribution in [0.2, 0.25) is 0 Å². The molecule has 2 aromatic rings. The van der Waals surface area contributed by atoms with Crippen LogP contribution in [0.25, 0.3) is 11.5 Å². The quantitative estimate of drug-likeness (QED) is 0.822. The Labute approximate surface area is 135 Å². The lowest BCUT2D eigenvalue weighted by Crippen LogP contribution is -2.37. The largest absolute Gasteiger partial charge is 0.378 e. The highest BCUT2D eigenvalue weighted by atomic mass is 32.2. The Morgan fingerprint density at radius 2 is 2.00 bits per heavy atom. The van der Waals surface area contributed by atoms with E-state index in [4.69, 9.17) is 4.74 Å². The van der Waals surface area contributed by atoms with Crippen LogP contribution in [-0.2, 0) is 20.3 Å². The molecule has 3 rings (SSSR count). The second-order valence-electron chi connectivity index (χ2n) is 5.43. The number of hydrogen-bond donors (Lipinski definition) is 0. The van der Waals surface area contributed by atoms with Crippen LogP contribution in [0.5, 0.6) is 0 Å². The smallest absolute Gasteiger partial charge is 0.180 e. The van der Waals surface area contributed by atoms with Gasteiger partial charge in [-0.05, 0) is 12.1 Å². The van der Waals surface area contributed by atoms with Crippen LogP contribution < -0.4 is 4.90 Å². The van der Waals surface area contributed by atoms with Gasteiger partial charge < -0.3 is 9.64 Å². The van der Waals surface area contributed by atoms with Gasteiger partial charge in [0.15, 0.2) is 15.7 Å². The van der Waals surface area contributed by atoms with Gasteiger partial charge in [-0.2, -0.15) is 0 Å². The van der Waals surface area contributed by atoms with Crippen molar-refractivity contribution in [2.75, 3.05) is 37.5 Å². The standard InChI is InChI=1S/C15H18N4O3S/c1-23(20,21)11-12-10-14(19-6-8-22-9-7-19)18-15(17-12)13-4-2-3-5-16-13/h2-5,10H,6-9,11H2,1H3. The van der Waals surface area contributed by atoms with Gasteiger partial charge in [-0.3, -0.25) is 4.98 Å². The van der Waals surface area contributed by atoms with Crippen LogP contribution in [0.1, 0.15) is 5.69 Å². The van der Waals surface area contributed by atoms with Crippen molar-refractivity contribution in [1.29, 1.82) is 0 Å². The highest BCUT2D eigenvalue weighted by molar-refractivity contribution is 7.89. The van der Waals surface area contributed by atoms with Crippen LogP contribution in [0.3, 0.4) is 0 Å². The first kappa shape index (κ1) is 15.8. The molecule has 0 radical (unpaired) electrons. The number of sulfone groups is 1. The van der Waals surface area contributed by atoms with Gasteiger partial charge in [0.25, 0.3) is 0 Å². The maximum atomic E-state index is 11.6. The first-order valence-electron chi connectivity index (χ1n) is 7.31. The van der Waals surface area contributed by atoms with E-state index in [-0.39, 0.29) is 5.75 Å². The fourth-order valence-electron chi connectivity index (χ4n) is 2.39. The monoisotopic (exact) mass is 334 g/mol. The van der Waals surface area contributed by atoms with Crippen molar-refractivity contribution in [3.63, 3.8) is 0 Å². The van der Waals surface area contributed by atoms with Gasteiger partial charge >= 0.3 is 0 Å². The predicted octanol–water partition coefficient (Wildman–Crippen LogP) is 0.920. The molecule has 0 amide bonds. The van der Waals surface area contributed by atoms with Crippen LogP contribution in [-0.4, -0.2) is 55.9 Å². The van der Waals surface area contributed by atoms with Crippen LogP contribution in [0.15, 0.2) is 30.5 Å². The Morgan fingerprint density at radius 3 is 2.65 bits per heavy atom. The molecule has 0 spiro atoms. The molecule has 122 valence electrons. The summed E-state index contributed by atoms with van der Waals surface area (Å²) in [4.78, 5) is 15.3. The van der Waals surface area contributed by atoms with E-state index in [1.807, 2.05) is 18.2 Å². The normalized spacial score (nSPS) is 15.6. The van der Waals surface area contributed by atoms with Crippen molar-refractivity contribution in [3.05, 3.63) is 36.2 Å². The maximum Gasteiger partial charge on any atom is 0.180 e. The number of pyridine rings is 1. The van der Waals surface area contributed by atoms with Gasteiger partial charge in [0.1, 0.15) is 11.5 Å². The number of ether oxygens (including phenoxy) is 1. The zero-order chi connectivity index (χ0) is 16.3. The molecule has 1 aliphatic heterocycles. The number of nitrogens with zero attached hydrogens (tertiary/aromatic N) is 4. The number of hydrogen-bond acceptors (Lipinski definition) is 7. The summed E-state index contributed by atoms with van der Waals surface area (Å²) in [5, 5.41) is 0. The summed E-state index contributed by atoms with van der Waals surface area (Å²) in [6, 6.07) is 7.21. The molecule has 1 fully saturated rings. The average molecular weight is 334 g/mol. The van der Waals surface area contributed by atoms with Crippen molar-refractivity contribution in [2.24, 2.45) is 0 Å². The molecule has 8 heteroatoms. The van der Waals surface area contributed by atoms with E-state index in [9.17, 15) is 8.42 Å². The van der Waals surface area contributed by atoms with Gasteiger partial charge in [0, 0.05) is 31.6 Å². The summed E-state index contributed by atoms with van der Waals surface area (Å²) in [5.41, 5.74) is 1.10. The molecular weight excluding hydrogens is 316 g/mol. The molecule has 3 heterocycles. The van der Waals surface area contributed by atoms with Crippen molar-refractivity contribution < 1.29 is 13.2 Å². The lowest BCUT2D eigenvalue weighted by Gasteiger charge is -2.28. The van der Waals surface area contributed by atoms with E-state index in [0.717, 1.165) is 13.1 Å². The predicted molar refractivity (Wildman–Crippen MR) is 86.8 cm³/mol. The van der Waals surface area contributed by atoms with Gasteiger partial charge in [-0.25, -0.2) is 18.4 Å². The third-order valence-corrected chi connectivity index (χ3v) is 4.22. The molecule has 0 unspecified atom stereocenters. The molecule has 0 N–H and O–H groups in total. The summed E-state index contributed by atoms with van der Waals surface area (Å²) in [7, 11) is -3.18. The molecule has 0 atom stereocenters. The Balaban J connectivity index is 2.02. The third kappa shape index (κ3) is 4.23. The van der Waals surface area contributed by atoms with Crippen molar-refractivity contribution in [1.82, 2.24) is 15.0 Å². The zero-order valence-corrected chi connectivity index (χ0v) is 13.7. The summed E-state index contributed by atoms with van der Waals surface area (Å²) < 4.78 is 28.6. The molecule has 23 heavy (non-hydrogen) atoms. The van der Waals surface area contributed by atoms with E-state index < -0.39 is 9.84 Å². The van der Waals surface area contributed by atoms with Gasteiger partial charge in [-0.1, -0.05) is 6.07 Å². The maximum absolute atomic E-state index is 11.6. The fraction of sp³-hybridized carbons (Fsp3) is 0.400. The number of morpholine rings is 1. The molecule has 0 aromatic carbocycles. The third-order valence-electron chi connectivity index (χ3n) is 3.40. The molecule has 0 saturated carbocycles. The lowest BCUT2D eigenvalue weighted by atomic mass is 10.3. The minimum absolute atomic E-state index is 0.118. The van der Waals surface area contributed by atoms with E-state index >= 15 is 0 Å². The molecule has 2 aromatic heterocycles. The van der Waals surface area contributed by atoms with Gasteiger partial charge in [0.2, 0.25) is 0 Å². The number of aromatic nitrogens is 3. The first-order chi connectivity index (χ1) is 11.0. The topological polar surface area (TPSA) is 85.3 Å². The van der Waals surface area contributed by atoms with Crippen molar-refractivity contribution >= 4 is 15.7 Å². The second-order valence-corrected chi connectivity index (χ2v) is 7.57. The van der Waals surface area contributed by atoms with Crippen molar-refractivity contribution in [2.45, 2.75) is 5.75 Å². The van der Waals surface area contributed by atoms with E-state index in [1.165, 1.54) is 6.26 Å². The van der Waals surface area contributed by atoms with Crippen LogP contribution in [0.4, 0.5) is 5.82 Å². The fourth-order valence-corrected chi connectivity index (χ4v) is 3.07. The van der Waals surface area contributed by atoms with Gasteiger partial charge in [-0.15, -0.1) is 0 Å². The van der Waals surface area contributed by atoms with Crippen LogP contribution >= 0.6 is 0 Å². The number of rotatable bonds is 4. The molecular formula is C15H18N4O3S. The zero-order valence-electron chi connectivity index (χ0n) is 12.8. The molecule has 0 aliphatic carbocycles. The Hall–Kier alpha value is -2.06. The Kier molecular flexibility index (Phi) is 4.53. The molecule has 1 saturated heterocycles. The lowest BCUT2D eigenvalue weighted by molar-refractivity contribution is 0.122. The highest BCUT2D eigenvalue weighted by Crippen LogP contribution is 2.20. The first-order valence-corrected chi connectivity index (χ1v) is 9.37. The average Bonchev–Trinajstić information content (AvgIpc) is 2.55. The Bertz CT molecular complexity index is 775. The van der Waals surface area contributed by atoms with Crippen LogP contribution in [0, 0.1) is 0 Å². The summed E-state index contributed by atoms with van der Waals surface area (Å²) >= 11 is 0. The minimum Gasteiger partial charge on any atom is -0.378 e. The van der Waals surface area contributed by atoms with E-state index in [2.05, 4.69) is 19.9 Å². The minimum atomic E-state index is -3.18. The van der Waals surface area contributed by atoms with Gasteiger partial charge in [0.05, 0.1) is 24.7 Å². The number of anilines is 1. The Morgan fingerprint density at radius 1 is 1.22 bits per heavy atom. The van der Waals surface area contributed by atoms with E-state index in [1.54, 1.807) is 12.3 Å².